The number of pyridine rings is 1. The monoisotopic (exact) mass is 205 g/mol. The van der Waals surface area contributed by atoms with Crippen LogP contribution in [0.3, 0.4) is 0 Å². The highest BCUT2D eigenvalue weighted by atomic mass is 32.1. The van der Waals surface area contributed by atoms with Gasteiger partial charge in [-0.15, -0.1) is 11.3 Å². The zero-order chi connectivity index (χ0) is 9.80. The van der Waals surface area contributed by atoms with Gasteiger partial charge in [0, 0.05) is 17.3 Å². The van der Waals surface area contributed by atoms with Gasteiger partial charge in [-0.05, 0) is 19.1 Å². The van der Waals surface area contributed by atoms with Crippen molar-refractivity contribution in [3.63, 3.8) is 0 Å². The SMILES string of the molecule is Cc1csc(CNc2ccccn2)n1. The molecule has 2 aromatic heterocycles. The van der Waals surface area contributed by atoms with Crippen LogP contribution in [0.25, 0.3) is 0 Å². The van der Waals surface area contributed by atoms with Crippen LogP contribution < -0.4 is 5.32 Å². The van der Waals surface area contributed by atoms with Gasteiger partial charge in [0.2, 0.25) is 0 Å². The molecule has 0 radical (unpaired) electrons. The molecule has 14 heavy (non-hydrogen) atoms. The first-order chi connectivity index (χ1) is 6.84. The van der Waals surface area contributed by atoms with E-state index in [2.05, 4.69) is 20.7 Å². The van der Waals surface area contributed by atoms with E-state index in [0.29, 0.717) is 0 Å². The summed E-state index contributed by atoms with van der Waals surface area (Å²) in [6.07, 6.45) is 1.77. The number of rotatable bonds is 3. The maximum absolute atomic E-state index is 4.35. The summed E-state index contributed by atoms with van der Waals surface area (Å²) in [7, 11) is 0. The highest BCUT2D eigenvalue weighted by Crippen LogP contribution is 2.10. The number of aromatic nitrogens is 2. The lowest BCUT2D eigenvalue weighted by atomic mass is 10.4. The van der Waals surface area contributed by atoms with Crippen LogP contribution in [-0.2, 0) is 6.54 Å². The molecule has 0 aromatic carbocycles. The van der Waals surface area contributed by atoms with Gasteiger partial charge >= 0.3 is 0 Å². The van der Waals surface area contributed by atoms with E-state index in [1.54, 1.807) is 17.5 Å². The lowest BCUT2D eigenvalue weighted by Gasteiger charge is -2.01. The zero-order valence-electron chi connectivity index (χ0n) is 7.90. The molecule has 0 saturated carbocycles. The molecule has 1 N–H and O–H groups in total. The standard InChI is InChI=1S/C10H11N3S/c1-8-7-14-10(13-8)6-12-9-4-2-3-5-11-9/h2-5,7H,6H2,1H3,(H,11,12). The predicted molar refractivity (Wildman–Crippen MR) is 58.4 cm³/mol. The van der Waals surface area contributed by atoms with Crippen molar-refractivity contribution in [2.24, 2.45) is 0 Å². The maximum Gasteiger partial charge on any atom is 0.126 e. The molecule has 0 unspecified atom stereocenters. The first-order valence-corrected chi connectivity index (χ1v) is 5.28. The van der Waals surface area contributed by atoms with Gasteiger partial charge < -0.3 is 5.32 Å². The fraction of sp³-hybridized carbons (Fsp3) is 0.200. The van der Waals surface area contributed by atoms with Crippen molar-refractivity contribution in [2.45, 2.75) is 13.5 Å². The van der Waals surface area contributed by atoms with Crippen molar-refractivity contribution in [1.29, 1.82) is 0 Å². The summed E-state index contributed by atoms with van der Waals surface area (Å²) in [5, 5.41) is 6.35. The summed E-state index contributed by atoms with van der Waals surface area (Å²) in [4.78, 5) is 8.52. The van der Waals surface area contributed by atoms with Gasteiger partial charge in [-0.2, -0.15) is 0 Å². The second-order valence-corrected chi connectivity index (χ2v) is 3.89. The minimum absolute atomic E-state index is 0.746. The molecule has 0 aliphatic heterocycles. The van der Waals surface area contributed by atoms with Crippen molar-refractivity contribution in [3.8, 4) is 0 Å². The van der Waals surface area contributed by atoms with Gasteiger partial charge in [0.05, 0.1) is 6.54 Å². The Bertz CT molecular complexity index is 397. The quantitative estimate of drug-likeness (QED) is 0.836. The molecular formula is C10H11N3S. The minimum Gasteiger partial charge on any atom is -0.364 e. The third kappa shape index (κ3) is 2.29. The van der Waals surface area contributed by atoms with Gasteiger partial charge in [0.25, 0.3) is 0 Å². The number of thiazole rings is 1. The molecule has 72 valence electrons. The van der Waals surface area contributed by atoms with Crippen LogP contribution >= 0.6 is 11.3 Å². The van der Waals surface area contributed by atoms with E-state index < -0.39 is 0 Å². The Morgan fingerprint density at radius 2 is 2.36 bits per heavy atom. The van der Waals surface area contributed by atoms with Crippen LogP contribution in [0.15, 0.2) is 29.8 Å². The fourth-order valence-electron chi connectivity index (χ4n) is 1.12. The Balaban J connectivity index is 1.95. The van der Waals surface area contributed by atoms with Crippen molar-refractivity contribution in [2.75, 3.05) is 5.32 Å². The van der Waals surface area contributed by atoms with E-state index in [0.717, 1.165) is 23.1 Å². The lowest BCUT2D eigenvalue weighted by Crippen LogP contribution is -2.00. The molecule has 0 bridgehead atoms. The molecule has 0 fully saturated rings. The van der Waals surface area contributed by atoms with E-state index in [-0.39, 0.29) is 0 Å². The summed E-state index contributed by atoms with van der Waals surface area (Å²) in [6.45, 7) is 2.75. The summed E-state index contributed by atoms with van der Waals surface area (Å²) in [5.41, 5.74) is 1.08. The summed E-state index contributed by atoms with van der Waals surface area (Å²) in [6, 6.07) is 5.81. The number of aryl methyl sites for hydroxylation is 1. The minimum atomic E-state index is 0.746. The van der Waals surface area contributed by atoms with Crippen LogP contribution in [0.2, 0.25) is 0 Å². The van der Waals surface area contributed by atoms with Crippen LogP contribution in [0, 0.1) is 6.92 Å². The van der Waals surface area contributed by atoms with Gasteiger partial charge in [0.1, 0.15) is 10.8 Å². The molecular weight excluding hydrogens is 194 g/mol. The van der Waals surface area contributed by atoms with Gasteiger partial charge in [-0.3, -0.25) is 0 Å². The van der Waals surface area contributed by atoms with E-state index in [1.807, 2.05) is 25.1 Å². The van der Waals surface area contributed by atoms with E-state index in [4.69, 9.17) is 0 Å². The average Bonchev–Trinajstić information content (AvgIpc) is 2.63. The van der Waals surface area contributed by atoms with E-state index in [9.17, 15) is 0 Å². The van der Waals surface area contributed by atoms with Crippen LogP contribution in [-0.4, -0.2) is 9.97 Å². The molecule has 0 aliphatic carbocycles. The van der Waals surface area contributed by atoms with Gasteiger partial charge in [-0.25, -0.2) is 9.97 Å². The molecule has 0 saturated heterocycles. The third-order valence-electron chi connectivity index (χ3n) is 1.75. The fourth-order valence-corrected chi connectivity index (χ4v) is 1.83. The molecule has 0 aliphatic rings. The third-order valence-corrected chi connectivity index (χ3v) is 2.72. The van der Waals surface area contributed by atoms with E-state index in [1.165, 1.54) is 0 Å². The Morgan fingerprint density at radius 3 is 3.00 bits per heavy atom. The summed E-state index contributed by atoms with van der Waals surface area (Å²) < 4.78 is 0. The highest BCUT2D eigenvalue weighted by Gasteiger charge is 1.98. The molecule has 0 atom stereocenters. The van der Waals surface area contributed by atoms with E-state index >= 15 is 0 Å². The summed E-state index contributed by atoms with van der Waals surface area (Å²) in [5.74, 6) is 0.889. The highest BCUT2D eigenvalue weighted by molar-refractivity contribution is 7.09. The predicted octanol–water partition coefficient (Wildman–Crippen LogP) is 2.46. The Labute approximate surface area is 86.8 Å². The molecule has 2 rings (SSSR count). The molecule has 2 aromatic rings. The largest absolute Gasteiger partial charge is 0.364 e. The smallest absolute Gasteiger partial charge is 0.126 e. The summed E-state index contributed by atoms with van der Waals surface area (Å²) >= 11 is 1.67. The molecule has 0 amide bonds. The van der Waals surface area contributed by atoms with Crippen LogP contribution in [0.4, 0.5) is 5.82 Å². The average molecular weight is 205 g/mol. The maximum atomic E-state index is 4.35. The second kappa shape index (κ2) is 4.19. The van der Waals surface area contributed by atoms with Crippen LogP contribution in [0.1, 0.15) is 10.7 Å². The number of nitrogens with zero attached hydrogens (tertiary/aromatic N) is 2. The van der Waals surface area contributed by atoms with Crippen LogP contribution in [0.5, 0.6) is 0 Å². The molecule has 0 spiro atoms. The Hall–Kier alpha value is -1.42. The lowest BCUT2D eigenvalue weighted by molar-refractivity contribution is 1.06. The van der Waals surface area contributed by atoms with Crippen molar-refractivity contribution in [1.82, 2.24) is 9.97 Å². The normalized spacial score (nSPS) is 10.1. The topological polar surface area (TPSA) is 37.8 Å². The van der Waals surface area contributed by atoms with Crippen molar-refractivity contribution in [3.05, 3.63) is 40.5 Å². The number of hydrogen-bond donors (Lipinski definition) is 1. The van der Waals surface area contributed by atoms with Gasteiger partial charge in [-0.1, -0.05) is 6.07 Å². The van der Waals surface area contributed by atoms with Crippen molar-refractivity contribution >= 4 is 17.2 Å². The molecule has 2 heterocycles. The van der Waals surface area contributed by atoms with Crippen molar-refractivity contribution < 1.29 is 0 Å². The molecule has 4 heteroatoms. The first-order valence-electron chi connectivity index (χ1n) is 4.40. The second-order valence-electron chi connectivity index (χ2n) is 2.95. The van der Waals surface area contributed by atoms with Gasteiger partial charge in [0.15, 0.2) is 0 Å². The first kappa shape index (κ1) is 9.15. The number of nitrogens with one attached hydrogen (secondary N) is 1. The Morgan fingerprint density at radius 1 is 1.43 bits per heavy atom. The Kier molecular flexibility index (Phi) is 2.74. The zero-order valence-corrected chi connectivity index (χ0v) is 8.71. The number of anilines is 1. The number of hydrogen-bond acceptors (Lipinski definition) is 4. The molecule has 3 nitrogen and oxygen atoms in total.